The van der Waals surface area contributed by atoms with E-state index >= 15 is 0 Å². The van der Waals surface area contributed by atoms with Crippen LogP contribution in [0.4, 0.5) is 4.39 Å². The zero-order valence-electron chi connectivity index (χ0n) is 12.2. The van der Waals surface area contributed by atoms with Gasteiger partial charge in [-0.1, -0.05) is 11.6 Å². The molecule has 0 saturated heterocycles. The Kier molecular flexibility index (Phi) is 4.75. The van der Waals surface area contributed by atoms with Gasteiger partial charge in [0.1, 0.15) is 11.6 Å². The molecule has 1 aromatic heterocycles. The number of nitrogens with one attached hydrogen (secondary N) is 1. The highest BCUT2D eigenvalue weighted by atomic mass is 35.5. The van der Waals surface area contributed by atoms with Crippen LogP contribution in [0.2, 0.25) is 5.02 Å². The molecule has 2 aromatic rings. The van der Waals surface area contributed by atoms with Gasteiger partial charge in [0.15, 0.2) is 0 Å². The quantitative estimate of drug-likeness (QED) is 0.929. The third-order valence-corrected chi connectivity index (χ3v) is 2.90. The minimum Gasteiger partial charge on any atom is -0.436 e. The van der Waals surface area contributed by atoms with Gasteiger partial charge in [-0.3, -0.25) is 0 Å². The molecule has 4 nitrogen and oxygen atoms in total. The predicted octanol–water partition coefficient (Wildman–Crippen LogP) is 3.95. The van der Waals surface area contributed by atoms with E-state index in [9.17, 15) is 4.39 Å². The molecule has 0 bridgehead atoms. The molecular weight excluding hydrogens is 293 g/mol. The van der Waals surface area contributed by atoms with Crippen molar-refractivity contribution < 1.29 is 9.13 Å². The molecule has 6 heteroatoms. The first-order chi connectivity index (χ1) is 9.83. The molecule has 0 aliphatic rings. The number of rotatable bonds is 4. The number of hydrogen-bond donors (Lipinski definition) is 1. The van der Waals surface area contributed by atoms with E-state index in [0.717, 1.165) is 5.69 Å². The fraction of sp³-hybridized carbons (Fsp3) is 0.333. The Labute approximate surface area is 128 Å². The predicted molar refractivity (Wildman–Crippen MR) is 80.1 cm³/mol. The van der Waals surface area contributed by atoms with Gasteiger partial charge in [0.05, 0.1) is 10.7 Å². The molecule has 2 rings (SSSR count). The molecule has 0 atom stereocenters. The largest absolute Gasteiger partial charge is 0.436 e. The molecule has 0 fully saturated rings. The number of hydrogen-bond acceptors (Lipinski definition) is 4. The van der Waals surface area contributed by atoms with Crippen LogP contribution in [0.1, 0.15) is 26.5 Å². The summed E-state index contributed by atoms with van der Waals surface area (Å²) in [4.78, 5) is 0. The van der Waals surface area contributed by atoms with Crippen molar-refractivity contribution in [2.24, 2.45) is 0 Å². The monoisotopic (exact) mass is 309 g/mol. The SMILES string of the molecule is CC(C)(C)NCc1ccc(Oc2ccc(F)cc2Cl)nn1. The number of aromatic nitrogens is 2. The van der Waals surface area contributed by atoms with Crippen molar-refractivity contribution in [1.82, 2.24) is 15.5 Å². The lowest BCUT2D eigenvalue weighted by atomic mass is 10.1. The van der Waals surface area contributed by atoms with E-state index in [0.29, 0.717) is 18.2 Å². The van der Waals surface area contributed by atoms with Crippen LogP contribution in [-0.4, -0.2) is 15.7 Å². The minimum absolute atomic E-state index is 0.0124. The maximum Gasteiger partial charge on any atom is 0.238 e. The van der Waals surface area contributed by atoms with Gasteiger partial charge in [-0.15, -0.1) is 5.10 Å². The first kappa shape index (κ1) is 15.7. The van der Waals surface area contributed by atoms with Gasteiger partial charge in [-0.2, -0.15) is 5.10 Å². The van der Waals surface area contributed by atoms with Gasteiger partial charge in [-0.25, -0.2) is 4.39 Å². The van der Waals surface area contributed by atoms with Crippen molar-refractivity contribution in [1.29, 1.82) is 0 Å². The summed E-state index contributed by atoms with van der Waals surface area (Å²) in [6.07, 6.45) is 0. The molecular formula is C15H17ClFN3O. The second-order valence-corrected chi connectivity index (χ2v) is 6.05. The maximum atomic E-state index is 12.9. The van der Waals surface area contributed by atoms with E-state index in [-0.39, 0.29) is 10.6 Å². The minimum atomic E-state index is -0.415. The Balaban J connectivity index is 2.02. The summed E-state index contributed by atoms with van der Waals surface area (Å²) >= 11 is 5.89. The summed E-state index contributed by atoms with van der Waals surface area (Å²) in [7, 11) is 0. The normalized spacial score (nSPS) is 11.5. The van der Waals surface area contributed by atoms with Crippen LogP contribution >= 0.6 is 11.6 Å². The average molecular weight is 310 g/mol. The van der Waals surface area contributed by atoms with Crippen LogP contribution in [-0.2, 0) is 6.54 Å². The number of benzene rings is 1. The smallest absolute Gasteiger partial charge is 0.238 e. The molecule has 0 radical (unpaired) electrons. The van der Waals surface area contributed by atoms with Gasteiger partial charge < -0.3 is 10.1 Å². The van der Waals surface area contributed by atoms with Crippen molar-refractivity contribution in [2.45, 2.75) is 32.9 Å². The topological polar surface area (TPSA) is 47.0 Å². The summed E-state index contributed by atoms with van der Waals surface area (Å²) in [6, 6.07) is 7.43. The average Bonchev–Trinajstić information content (AvgIpc) is 2.40. The van der Waals surface area contributed by atoms with Crippen molar-refractivity contribution in [2.75, 3.05) is 0 Å². The Morgan fingerprint density at radius 3 is 2.52 bits per heavy atom. The molecule has 112 valence electrons. The Morgan fingerprint density at radius 1 is 1.19 bits per heavy atom. The summed E-state index contributed by atoms with van der Waals surface area (Å²) in [5.74, 6) is 0.234. The standard InChI is InChI=1S/C15H17ClFN3O/c1-15(2,3)18-9-11-5-7-14(20-19-11)21-13-6-4-10(17)8-12(13)16/h4-8,18H,9H2,1-3H3. The fourth-order valence-corrected chi connectivity index (χ4v) is 1.73. The molecule has 0 saturated carbocycles. The third kappa shape index (κ3) is 4.95. The van der Waals surface area contributed by atoms with Crippen molar-refractivity contribution in [3.05, 3.63) is 46.9 Å². The van der Waals surface area contributed by atoms with Gasteiger partial charge in [-0.05, 0) is 45.0 Å². The van der Waals surface area contributed by atoms with Crippen molar-refractivity contribution in [3.63, 3.8) is 0 Å². The molecule has 0 amide bonds. The Hall–Kier alpha value is -1.72. The first-order valence-corrected chi connectivity index (χ1v) is 6.92. The fourth-order valence-electron chi connectivity index (χ4n) is 1.52. The van der Waals surface area contributed by atoms with E-state index in [4.69, 9.17) is 16.3 Å². The second-order valence-electron chi connectivity index (χ2n) is 5.64. The van der Waals surface area contributed by atoms with Crippen LogP contribution in [0, 0.1) is 5.82 Å². The van der Waals surface area contributed by atoms with Crippen LogP contribution in [0.15, 0.2) is 30.3 Å². The lowest BCUT2D eigenvalue weighted by Crippen LogP contribution is -2.35. The van der Waals surface area contributed by atoms with Gasteiger partial charge in [0.25, 0.3) is 0 Å². The summed E-state index contributed by atoms with van der Waals surface area (Å²) in [5, 5.41) is 11.6. The molecule has 21 heavy (non-hydrogen) atoms. The lowest BCUT2D eigenvalue weighted by Gasteiger charge is -2.19. The summed E-state index contributed by atoms with van der Waals surface area (Å²) < 4.78 is 18.4. The van der Waals surface area contributed by atoms with Crippen molar-refractivity contribution in [3.8, 4) is 11.6 Å². The highest BCUT2D eigenvalue weighted by Gasteiger charge is 2.10. The summed E-state index contributed by atoms with van der Waals surface area (Å²) in [5.41, 5.74) is 0.820. The zero-order chi connectivity index (χ0) is 15.5. The molecule has 1 aromatic carbocycles. The van der Waals surface area contributed by atoms with Crippen molar-refractivity contribution >= 4 is 11.6 Å². The number of halogens is 2. The first-order valence-electron chi connectivity index (χ1n) is 6.54. The van der Waals surface area contributed by atoms with E-state index in [1.54, 1.807) is 6.07 Å². The molecule has 0 aliphatic heterocycles. The second kappa shape index (κ2) is 6.37. The maximum absolute atomic E-state index is 12.9. The summed E-state index contributed by atoms with van der Waals surface area (Å²) in [6.45, 7) is 6.85. The van der Waals surface area contributed by atoms with E-state index in [1.807, 2.05) is 6.07 Å². The molecule has 1 N–H and O–H groups in total. The van der Waals surface area contributed by atoms with Crippen LogP contribution in [0.25, 0.3) is 0 Å². The van der Waals surface area contributed by atoms with E-state index in [1.165, 1.54) is 18.2 Å². The zero-order valence-corrected chi connectivity index (χ0v) is 12.9. The van der Waals surface area contributed by atoms with Gasteiger partial charge in [0, 0.05) is 18.2 Å². The molecule has 0 unspecified atom stereocenters. The number of nitrogens with zero attached hydrogens (tertiary/aromatic N) is 2. The van der Waals surface area contributed by atoms with Gasteiger partial charge >= 0.3 is 0 Å². The van der Waals surface area contributed by atoms with Crippen LogP contribution < -0.4 is 10.1 Å². The Morgan fingerprint density at radius 2 is 1.95 bits per heavy atom. The van der Waals surface area contributed by atoms with E-state index in [2.05, 4.69) is 36.3 Å². The Bertz CT molecular complexity index is 611. The van der Waals surface area contributed by atoms with E-state index < -0.39 is 5.82 Å². The highest BCUT2D eigenvalue weighted by Crippen LogP contribution is 2.28. The van der Waals surface area contributed by atoms with Crippen LogP contribution in [0.3, 0.4) is 0 Å². The van der Waals surface area contributed by atoms with Crippen LogP contribution in [0.5, 0.6) is 11.6 Å². The highest BCUT2D eigenvalue weighted by molar-refractivity contribution is 6.32. The molecule has 0 aliphatic carbocycles. The molecule has 1 heterocycles. The number of ether oxygens (including phenoxy) is 1. The lowest BCUT2D eigenvalue weighted by molar-refractivity contribution is 0.416. The molecule has 0 spiro atoms. The van der Waals surface area contributed by atoms with Gasteiger partial charge in [0.2, 0.25) is 5.88 Å². The third-order valence-electron chi connectivity index (χ3n) is 2.60.